The average Bonchev–Trinajstić information content (AvgIpc) is 2.73. The summed E-state index contributed by atoms with van der Waals surface area (Å²) >= 11 is 0. The first-order valence-electron chi connectivity index (χ1n) is 5.54. The molecule has 2 amide bonds. The van der Waals surface area contributed by atoms with Gasteiger partial charge in [-0.1, -0.05) is 12.1 Å². The van der Waals surface area contributed by atoms with Crippen molar-refractivity contribution < 1.29 is 9.59 Å². The Morgan fingerprint density at radius 3 is 3.00 bits per heavy atom. The summed E-state index contributed by atoms with van der Waals surface area (Å²) in [6, 6.07) is 7.34. The first-order valence-corrected chi connectivity index (χ1v) is 5.54. The van der Waals surface area contributed by atoms with Crippen LogP contribution >= 0.6 is 0 Å². The Morgan fingerprint density at radius 2 is 2.35 bits per heavy atom. The van der Waals surface area contributed by atoms with Crippen LogP contribution in [-0.2, 0) is 11.3 Å². The molecular formula is C12H15N3O2. The van der Waals surface area contributed by atoms with Gasteiger partial charge in [-0.2, -0.15) is 0 Å². The molecule has 5 nitrogen and oxygen atoms in total. The van der Waals surface area contributed by atoms with Crippen LogP contribution in [-0.4, -0.2) is 24.4 Å². The Bertz CT molecular complexity index is 445. The number of rotatable bonds is 4. The monoisotopic (exact) mass is 233 g/mol. The van der Waals surface area contributed by atoms with Crippen LogP contribution in [0, 0.1) is 0 Å². The number of benzene rings is 1. The number of hydrogen-bond donors (Lipinski definition) is 3. The minimum absolute atomic E-state index is 0.0772. The summed E-state index contributed by atoms with van der Waals surface area (Å²) < 4.78 is 0. The highest BCUT2D eigenvalue weighted by Crippen LogP contribution is 2.06. The van der Waals surface area contributed by atoms with E-state index in [1.807, 2.05) is 6.07 Å². The number of nitrogens with two attached hydrogens (primary N) is 1. The third-order valence-corrected chi connectivity index (χ3v) is 2.78. The largest absolute Gasteiger partial charge is 0.366 e. The predicted octanol–water partition coefficient (Wildman–Crippen LogP) is -0.236. The molecule has 1 saturated heterocycles. The maximum atomic E-state index is 11.0. The molecule has 1 aliphatic rings. The molecule has 0 aliphatic carbocycles. The van der Waals surface area contributed by atoms with Crippen LogP contribution in [0.25, 0.3) is 0 Å². The van der Waals surface area contributed by atoms with E-state index in [0.29, 0.717) is 25.1 Å². The fraction of sp³-hybridized carbons (Fsp3) is 0.333. The van der Waals surface area contributed by atoms with Gasteiger partial charge in [-0.15, -0.1) is 0 Å². The minimum atomic E-state index is -0.426. The molecule has 1 unspecified atom stereocenters. The van der Waals surface area contributed by atoms with Crippen molar-refractivity contribution in [3.05, 3.63) is 35.4 Å². The van der Waals surface area contributed by atoms with E-state index in [2.05, 4.69) is 10.6 Å². The van der Waals surface area contributed by atoms with Crippen molar-refractivity contribution in [3.63, 3.8) is 0 Å². The number of carbonyl (C=O) groups is 2. The molecule has 90 valence electrons. The third kappa shape index (κ3) is 3.04. The Kier molecular flexibility index (Phi) is 3.39. The summed E-state index contributed by atoms with van der Waals surface area (Å²) in [6.45, 7) is 1.29. The van der Waals surface area contributed by atoms with E-state index in [1.54, 1.807) is 18.2 Å². The summed E-state index contributed by atoms with van der Waals surface area (Å²) in [5.74, 6) is -0.349. The molecule has 0 saturated carbocycles. The van der Waals surface area contributed by atoms with Crippen molar-refractivity contribution in [1.82, 2.24) is 10.6 Å². The van der Waals surface area contributed by atoms with Crippen molar-refractivity contribution in [1.29, 1.82) is 0 Å². The van der Waals surface area contributed by atoms with E-state index >= 15 is 0 Å². The average molecular weight is 233 g/mol. The van der Waals surface area contributed by atoms with Gasteiger partial charge in [0.2, 0.25) is 11.8 Å². The molecule has 0 radical (unpaired) electrons. The lowest BCUT2D eigenvalue weighted by molar-refractivity contribution is -0.119. The molecule has 1 heterocycles. The Hall–Kier alpha value is -1.88. The van der Waals surface area contributed by atoms with Gasteiger partial charge in [-0.05, 0) is 17.7 Å². The molecule has 1 fully saturated rings. The van der Waals surface area contributed by atoms with E-state index in [9.17, 15) is 9.59 Å². The van der Waals surface area contributed by atoms with Crippen LogP contribution in [0.5, 0.6) is 0 Å². The maximum Gasteiger partial charge on any atom is 0.248 e. The van der Waals surface area contributed by atoms with Crippen LogP contribution in [0.15, 0.2) is 24.3 Å². The van der Waals surface area contributed by atoms with E-state index in [0.717, 1.165) is 5.56 Å². The highest BCUT2D eigenvalue weighted by molar-refractivity contribution is 5.92. The molecule has 0 aromatic heterocycles. The van der Waals surface area contributed by atoms with Crippen molar-refractivity contribution in [2.75, 3.05) is 6.54 Å². The van der Waals surface area contributed by atoms with Gasteiger partial charge in [0.25, 0.3) is 0 Å². The smallest absolute Gasteiger partial charge is 0.248 e. The van der Waals surface area contributed by atoms with Crippen LogP contribution in [0.3, 0.4) is 0 Å². The lowest BCUT2D eigenvalue weighted by Gasteiger charge is -2.10. The standard InChI is InChI=1S/C12H15N3O2/c13-12(17)9-3-1-2-8(4-9)6-14-10-5-11(16)15-7-10/h1-4,10,14H,5-7H2,(H2,13,17)(H,15,16). The maximum absolute atomic E-state index is 11.0. The van der Waals surface area contributed by atoms with Gasteiger partial charge in [0.1, 0.15) is 0 Å². The van der Waals surface area contributed by atoms with Gasteiger partial charge in [0.05, 0.1) is 0 Å². The van der Waals surface area contributed by atoms with Gasteiger partial charge >= 0.3 is 0 Å². The van der Waals surface area contributed by atoms with Gasteiger partial charge in [0, 0.05) is 31.1 Å². The molecule has 4 N–H and O–H groups in total. The molecule has 5 heteroatoms. The SMILES string of the molecule is NC(=O)c1cccc(CNC2CNC(=O)C2)c1. The van der Waals surface area contributed by atoms with Gasteiger partial charge in [0.15, 0.2) is 0 Å². The zero-order chi connectivity index (χ0) is 12.3. The highest BCUT2D eigenvalue weighted by atomic mass is 16.2. The topological polar surface area (TPSA) is 84.2 Å². The van der Waals surface area contributed by atoms with Gasteiger partial charge in [-0.3, -0.25) is 9.59 Å². The molecule has 1 aromatic carbocycles. The molecule has 0 spiro atoms. The van der Waals surface area contributed by atoms with E-state index in [1.165, 1.54) is 0 Å². The number of primary amides is 1. The van der Waals surface area contributed by atoms with Crippen LogP contribution < -0.4 is 16.4 Å². The predicted molar refractivity (Wildman–Crippen MR) is 63.2 cm³/mol. The Morgan fingerprint density at radius 1 is 1.53 bits per heavy atom. The van der Waals surface area contributed by atoms with Crippen LogP contribution in [0.2, 0.25) is 0 Å². The molecule has 2 rings (SSSR count). The summed E-state index contributed by atoms with van der Waals surface area (Å²) in [5, 5.41) is 6.02. The first-order chi connectivity index (χ1) is 8.15. The fourth-order valence-corrected chi connectivity index (χ4v) is 1.85. The van der Waals surface area contributed by atoms with E-state index < -0.39 is 5.91 Å². The normalized spacial score (nSPS) is 19.1. The first kappa shape index (κ1) is 11.6. The second-order valence-corrected chi connectivity index (χ2v) is 4.15. The van der Waals surface area contributed by atoms with Crippen molar-refractivity contribution in [3.8, 4) is 0 Å². The Balaban J connectivity index is 1.92. The summed E-state index contributed by atoms with van der Waals surface area (Å²) in [5.41, 5.74) is 6.70. The molecule has 1 aliphatic heterocycles. The molecular weight excluding hydrogens is 218 g/mol. The number of carbonyl (C=O) groups excluding carboxylic acids is 2. The third-order valence-electron chi connectivity index (χ3n) is 2.78. The van der Waals surface area contributed by atoms with E-state index in [4.69, 9.17) is 5.73 Å². The zero-order valence-electron chi connectivity index (χ0n) is 9.40. The van der Waals surface area contributed by atoms with Crippen LogP contribution in [0.4, 0.5) is 0 Å². The molecule has 1 aromatic rings. The lowest BCUT2D eigenvalue weighted by atomic mass is 10.1. The number of amides is 2. The number of nitrogens with one attached hydrogen (secondary N) is 2. The lowest BCUT2D eigenvalue weighted by Crippen LogP contribution is -2.30. The Labute approximate surface area is 99.4 Å². The van der Waals surface area contributed by atoms with Crippen molar-refractivity contribution in [2.24, 2.45) is 5.73 Å². The van der Waals surface area contributed by atoms with Crippen molar-refractivity contribution in [2.45, 2.75) is 19.0 Å². The summed E-state index contributed by atoms with van der Waals surface area (Å²) in [6.07, 6.45) is 0.509. The van der Waals surface area contributed by atoms with E-state index in [-0.39, 0.29) is 11.9 Å². The quantitative estimate of drug-likeness (QED) is 0.671. The minimum Gasteiger partial charge on any atom is -0.366 e. The summed E-state index contributed by atoms with van der Waals surface area (Å²) in [7, 11) is 0. The second-order valence-electron chi connectivity index (χ2n) is 4.15. The van der Waals surface area contributed by atoms with Crippen LogP contribution in [0.1, 0.15) is 22.3 Å². The molecule has 17 heavy (non-hydrogen) atoms. The van der Waals surface area contributed by atoms with Gasteiger partial charge < -0.3 is 16.4 Å². The zero-order valence-corrected chi connectivity index (χ0v) is 9.40. The summed E-state index contributed by atoms with van der Waals surface area (Å²) in [4.78, 5) is 22.0. The highest BCUT2D eigenvalue weighted by Gasteiger charge is 2.20. The van der Waals surface area contributed by atoms with Crippen molar-refractivity contribution >= 4 is 11.8 Å². The molecule has 0 bridgehead atoms. The number of hydrogen-bond acceptors (Lipinski definition) is 3. The van der Waals surface area contributed by atoms with Gasteiger partial charge in [-0.25, -0.2) is 0 Å². The fourth-order valence-electron chi connectivity index (χ4n) is 1.85. The second kappa shape index (κ2) is 4.97. The molecule has 1 atom stereocenters.